The van der Waals surface area contributed by atoms with Gasteiger partial charge in [0, 0.05) is 23.9 Å². The maximum absolute atomic E-state index is 13.9. The molecule has 5 N–H and O–H groups in total. The molecule has 0 radical (unpaired) electrons. The standard InChI is InChI=1S/C24H40N2O.C2H6.H3NO/c1-20(2)15-7-8-16-21(3)11-10-18(26(5)6)22(21,4)13-19(27)24(16)14-23(15,24)12-9-17(20)25;2*1-2/h15-18H,7-14,25H2,1-6H3;1-2H3;2H,1H2. The van der Waals surface area contributed by atoms with Crippen LogP contribution in [-0.2, 0) is 4.79 Å². The number of Topliss-reactive ketones (excluding diaryl/α,β-unsaturated/α-hetero) is 1. The molecule has 0 aliphatic heterocycles. The molecule has 0 bridgehead atoms. The van der Waals surface area contributed by atoms with Crippen LogP contribution >= 0.6 is 0 Å². The van der Waals surface area contributed by atoms with Crippen molar-refractivity contribution in [3.8, 4) is 0 Å². The minimum atomic E-state index is 0.00277. The SMILES string of the molecule is CC.CN(C)C1CCC2(C)C3CCC4C(C)(C)C(N)CCC45CC35C(=O)CC12C.NO. The lowest BCUT2D eigenvalue weighted by Gasteiger charge is -2.62. The van der Waals surface area contributed by atoms with Crippen LogP contribution in [0.4, 0.5) is 0 Å². The zero-order valence-electron chi connectivity index (χ0n) is 21.4. The van der Waals surface area contributed by atoms with E-state index in [9.17, 15) is 4.79 Å². The zero-order valence-corrected chi connectivity index (χ0v) is 21.4. The van der Waals surface area contributed by atoms with Crippen LogP contribution in [0.25, 0.3) is 0 Å². The van der Waals surface area contributed by atoms with Gasteiger partial charge in [0.05, 0.1) is 0 Å². The molecule has 5 aliphatic carbocycles. The van der Waals surface area contributed by atoms with Crippen molar-refractivity contribution in [1.29, 1.82) is 0 Å². The Kier molecular flexibility index (Phi) is 6.31. The predicted octanol–water partition coefficient (Wildman–Crippen LogP) is 4.61. The first-order valence-electron chi connectivity index (χ1n) is 12.7. The monoisotopic (exact) mass is 435 g/mol. The summed E-state index contributed by atoms with van der Waals surface area (Å²) in [7, 11) is 4.44. The molecule has 5 rings (SSSR count). The van der Waals surface area contributed by atoms with Gasteiger partial charge < -0.3 is 15.8 Å². The van der Waals surface area contributed by atoms with E-state index in [1.165, 1.54) is 38.5 Å². The Balaban J connectivity index is 0.000000645. The van der Waals surface area contributed by atoms with E-state index in [0.717, 1.165) is 12.8 Å². The van der Waals surface area contributed by atoms with Crippen LogP contribution in [0.2, 0.25) is 0 Å². The molecule has 8 unspecified atom stereocenters. The van der Waals surface area contributed by atoms with Gasteiger partial charge in [-0.1, -0.05) is 41.5 Å². The summed E-state index contributed by atoms with van der Waals surface area (Å²) in [5.74, 6) is 5.38. The van der Waals surface area contributed by atoms with Crippen molar-refractivity contribution in [3.63, 3.8) is 0 Å². The van der Waals surface area contributed by atoms with Gasteiger partial charge in [-0.3, -0.25) is 4.79 Å². The molecular weight excluding hydrogens is 386 g/mol. The Morgan fingerprint density at radius 1 is 0.903 bits per heavy atom. The van der Waals surface area contributed by atoms with E-state index in [1.54, 1.807) is 0 Å². The van der Waals surface area contributed by atoms with Crippen molar-refractivity contribution in [2.24, 2.45) is 50.5 Å². The van der Waals surface area contributed by atoms with E-state index in [4.69, 9.17) is 10.9 Å². The Hall–Kier alpha value is -0.490. The van der Waals surface area contributed by atoms with Gasteiger partial charge >= 0.3 is 0 Å². The highest BCUT2D eigenvalue weighted by molar-refractivity contribution is 5.92. The number of fused-ring (bicyclic) bond motifs is 2. The molecule has 0 amide bonds. The van der Waals surface area contributed by atoms with Gasteiger partial charge in [-0.05, 0) is 92.5 Å². The summed E-state index contributed by atoms with van der Waals surface area (Å²) in [5, 5.41) is 6.50. The average molecular weight is 436 g/mol. The molecule has 5 fully saturated rings. The van der Waals surface area contributed by atoms with E-state index < -0.39 is 0 Å². The summed E-state index contributed by atoms with van der Waals surface area (Å²) in [6.45, 7) is 13.8. The molecule has 5 heteroatoms. The third-order valence-corrected chi connectivity index (χ3v) is 11.5. The number of rotatable bonds is 1. The lowest BCUT2D eigenvalue weighted by Crippen LogP contribution is -2.62. The largest absolute Gasteiger partial charge is 0.327 e. The number of hydrogen-bond donors (Lipinski definition) is 3. The second-order valence-corrected chi connectivity index (χ2v) is 12.4. The first kappa shape index (κ1) is 25.1. The van der Waals surface area contributed by atoms with E-state index in [0.29, 0.717) is 35.1 Å². The molecule has 5 nitrogen and oxygen atoms in total. The number of hydrogen-bond acceptors (Lipinski definition) is 5. The highest BCUT2D eigenvalue weighted by Gasteiger charge is 2.85. The van der Waals surface area contributed by atoms with Gasteiger partial charge in [-0.15, -0.1) is 0 Å². The summed E-state index contributed by atoms with van der Waals surface area (Å²) < 4.78 is 0. The minimum absolute atomic E-state index is 0.00277. The van der Waals surface area contributed by atoms with Crippen molar-refractivity contribution in [2.75, 3.05) is 14.1 Å². The lowest BCUT2D eigenvalue weighted by molar-refractivity contribution is -0.167. The Morgan fingerprint density at radius 3 is 2.06 bits per heavy atom. The van der Waals surface area contributed by atoms with Crippen molar-refractivity contribution < 1.29 is 10.0 Å². The van der Waals surface area contributed by atoms with Crippen molar-refractivity contribution in [2.45, 2.75) is 105 Å². The topological polar surface area (TPSA) is 92.6 Å². The fraction of sp³-hybridized carbons (Fsp3) is 0.962. The summed E-state index contributed by atoms with van der Waals surface area (Å²) >= 11 is 0. The summed E-state index contributed by atoms with van der Waals surface area (Å²) in [6, 6.07) is 0.846. The molecule has 0 saturated heterocycles. The van der Waals surface area contributed by atoms with Crippen LogP contribution in [0.5, 0.6) is 0 Å². The Morgan fingerprint density at radius 2 is 1.48 bits per heavy atom. The maximum atomic E-state index is 13.9. The normalized spacial score (nSPS) is 51.2. The van der Waals surface area contributed by atoms with Crippen molar-refractivity contribution in [1.82, 2.24) is 4.90 Å². The lowest BCUT2D eigenvalue weighted by atomic mass is 9.42. The van der Waals surface area contributed by atoms with Crippen molar-refractivity contribution >= 4 is 5.78 Å². The number of nitrogens with two attached hydrogens (primary N) is 2. The molecule has 180 valence electrons. The van der Waals surface area contributed by atoms with Gasteiger partial charge in [-0.2, -0.15) is 0 Å². The fourth-order valence-electron chi connectivity index (χ4n) is 9.89. The maximum Gasteiger partial charge on any atom is 0.140 e. The Labute approximate surface area is 190 Å². The fourth-order valence-corrected chi connectivity index (χ4v) is 9.89. The van der Waals surface area contributed by atoms with Crippen molar-refractivity contribution in [3.05, 3.63) is 0 Å². The summed E-state index contributed by atoms with van der Waals surface area (Å²) in [6.07, 6.45) is 9.40. The second kappa shape index (κ2) is 7.78. The number of carbonyl (C=O) groups is 1. The third kappa shape index (κ3) is 2.79. The van der Waals surface area contributed by atoms with E-state index in [-0.39, 0.29) is 21.7 Å². The smallest absolute Gasteiger partial charge is 0.140 e. The summed E-state index contributed by atoms with van der Waals surface area (Å²) in [5.41, 5.74) is 7.51. The van der Waals surface area contributed by atoms with Gasteiger partial charge in [0.25, 0.3) is 0 Å². The molecule has 5 aliphatic rings. The highest BCUT2D eigenvalue weighted by atomic mass is 16.4. The first-order chi connectivity index (χ1) is 14.5. The first-order valence-corrected chi connectivity index (χ1v) is 12.7. The van der Waals surface area contributed by atoms with Crippen LogP contribution in [0.1, 0.15) is 92.9 Å². The molecule has 0 aromatic heterocycles. The van der Waals surface area contributed by atoms with Gasteiger partial charge in [0.15, 0.2) is 0 Å². The highest BCUT2D eigenvalue weighted by Crippen LogP contribution is 2.87. The third-order valence-electron chi connectivity index (χ3n) is 11.5. The zero-order chi connectivity index (χ0) is 23.6. The molecule has 5 saturated carbocycles. The number of carbonyl (C=O) groups excluding carboxylic acids is 1. The molecule has 2 spiro atoms. The molecule has 8 atom stereocenters. The Bertz CT molecular complexity index is 709. The molecule has 0 aromatic carbocycles. The van der Waals surface area contributed by atoms with Gasteiger partial charge in [-0.25, -0.2) is 5.90 Å². The second-order valence-electron chi connectivity index (χ2n) is 12.4. The molecule has 31 heavy (non-hydrogen) atoms. The summed E-state index contributed by atoms with van der Waals surface area (Å²) in [4.78, 5) is 16.4. The van der Waals surface area contributed by atoms with E-state index >= 15 is 0 Å². The molecule has 0 aromatic rings. The van der Waals surface area contributed by atoms with Crippen LogP contribution in [-0.4, -0.2) is 42.1 Å². The van der Waals surface area contributed by atoms with Crippen LogP contribution < -0.4 is 11.6 Å². The van der Waals surface area contributed by atoms with Crippen LogP contribution in [0.3, 0.4) is 0 Å². The van der Waals surface area contributed by atoms with Crippen LogP contribution in [0, 0.1) is 38.9 Å². The minimum Gasteiger partial charge on any atom is -0.327 e. The van der Waals surface area contributed by atoms with Gasteiger partial charge in [0.2, 0.25) is 0 Å². The average Bonchev–Trinajstić information content (AvgIpc) is 3.35. The van der Waals surface area contributed by atoms with E-state index in [1.807, 2.05) is 13.8 Å². The van der Waals surface area contributed by atoms with Crippen LogP contribution in [0.15, 0.2) is 0 Å². The van der Waals surface area contributed by atoms with Gasteiger partial charge in [0.1, 0.15) is 5.78 Å². The molecule has 0 heterocycles. The molecular formula is C26H49N3O2. The predicted molar refractivity (Wildman–Crippen MR) is 127 cm³/mol. The van der Waals surface area contributed by atoms with E-state index in [2.05, 4.69) is 52.6 Å². The number of ketones is 1. The number of nitrogens with zero attached hydrogens (tertiary/aromatic N) is 1. The quantitative estimate of drug-likeness (QED) is 0.523.